The zero-order valence-electron chi connectivity index (χ0n) is 15.2. The fourth-order valence-corrected chi connectivity index (χ4v) is 3.29. The first-order valence-corrected chi connectivity index (χ1v) is 8.91. The second-order valence-electron chi connectivity index (χ2n) is 6.79. The average molecular weight is 393 g/mol. The molecule has 0 aliphatic heterocycles. The first-order valence-electron chi connectivity index (χ1n) is 8.91. The second kappa shape index (κ2) is 7.48. The molecule has 0 fully saturated rings. The van der Waals surface area contributed by atoms with E-state index in [9.17, 15) is 13.6 Å². The van der Waals surface area contributed by atoms with E-state index in [-0.39, 0.29) is 18.0 Å². The number of hydrogen-bond donors (Lipinski definition) is 2. The third-order valence-corrected chi connectivity index (χ3v) is 4.94. The minimum atomic E-state index is -0.765. The molecule has 8 heteroatoms. The summed E-state index contributed by atoms with van der Waals surface area (Å²) in [6.07, 6.45) is 10.5. The lowest BCUT2D eigenvalue weighted by Crippen LogP contribution is -2.29. The number of allylic oxidation sites excluding steroid dienone is 2. The van der Waals surface area contributed by atoms with Gasteiger partial charge >= 0.3 is 0 Å². The lowest BCUT2D eigenvalue weighted by atomic mass is 9.90. The molecule has 2 atom stereocenters. The standard InChI is InChI=1S/C21H17F2N5O/c22-17-5-14(12-1-2-13(8-24)19(25)7-12)6-18(23)16(17)10-28-11-27-20-9-26-4-3-15(20)21(28)29/h1-9,11,13,19,24H,10,25H2. The number of nitrogens with two attached hydrogens (primary N) is 1. The third kappa shape index (κ3) is 3.50. The molecule has 2 heterocycles. The van der Waals surface area contributed by atoms with Crippen molar-refractivity contribution in [3.63, 3.8) is 0 Å². The molecule has 3 N–H and O–H groups in total. The van der Waals surface area contributed by atoms with Gasteiger partial charge in [-0.25, -0.2) is 13.8 Å². The van der Waals surface area contributed by atoms with Gasteiger partial charge in [0.05, 0.1) is 30.0 Å². The molecule has 0 radical (unpaired) electrons. The van der Waals surface area contributed by atoms with Gasteiger partial charge in [0.2, 0.25) is 0 Å². The zero-order valence-corrected chi connectivity index (χ0v) is 15.2. The Bertz CT molecular complexity index is 1210. The van der Waals surface area contributed by atoms with Crippen LogP contribution in [-0.4, -0.2) is 26.8 Å². The van der Waals surface area contributed by atoms with Gasteiger partial charge in [-0.05, 0) is 29.3 Å². The minimum absolute atomic E-state index is 0.229. The van der Waals surface area contributed by atoms with Crippen molar-refractivity contribution >= 4 is 22.7 Å². The van der Waals surface area contributed by atoms with Crippen LogP contribution in [0.1, 0.15) is 11.1 Å². The molecule has 1 aliphatic rings. The molecule has 29 heavy (non-hydrogen) atoms. The van der Waals surface area contributed by atoms with E-state index in [1.165, 1.54) is 43.1 Å². The van der Waals surface area contributed by atoms with Gasteiger partial charge in [-0.3, -0.25) is 14.3 Å². The molecular weight excluding hydrogens is 376 g/mol. The average Bonchev–Trinajstić information content (AvgIpc) is 2.72. The Kier molecular flexibility index (Phi) is 4.85. The number of nitrogens with one attached hydrogen (secondary N) is 1. The van der Waals surface area contributed by atoms with Crippen molar-refractivity contribution in [2.75, 3.05) is 0 Å². The number of nitrogens with zero attached hydrogens (tertiary/aromatic N) is 3. The predicted octanol–water partition coefficient (Wildman–Crippen LogP) is 2.66. The number of rotatable bonds is 4. The van der Waals surface area contributed by atoms with E-state index < -0.39 is 23.2 Å². The number of hydrogen-bond acceptors (Lipinski definition) is 5. The first-order chi connectivity index (χ1) is 14.0. The van der Waals surface area contributed by atoms with Crippen LogP contribution < -0.4 is 11.3 Å². The highest BCUT2D eigenvalue weighted by Crippen LogP contribution is 2.26. The van der Waals surface area contributed by atoms with E-state index in [1.807, 2.05) is 0 Å². The Morgan fingerprint density at radius 2 is 2.03 bits per heavy atom. The maximum Gasteiger partial charge on any atom is 0.261 e. The molecule has 2 unspecified atom stereocenters. The van der Waals surface area contributed by atoms with Gasteiger partial charge in [-0.2, -0.15) is 0 Å². The fourth-order valence-electron chi connectivity index (χ4n) is 3.29. The second-order valence-corrected chi connectivity index (χ2v) is 6.79. The van der Waals surface area contributed by atoms with Crippen LogP contribution in [-0.2, 0) is 6.54 Å². The summed E-state index contributed by atoms with van der Waals surface area (Å²) >= 11 is 0. The van der Waals surface area contributed by atoms with Crippen molar-refractivity contribution in [1.29, 1.82) is 5.41 Å². The summed E-state index contributed by atoms with van der Waals surface area (Å²) in [7, 11) is 0. The Labute approximate surface area is 164 Å². The molecule has 0 saturated heterocycles. The van der Waals surface area contributed by atoms with Crippen molar-refractivity contribution in [3.8, 4) is 0 Å². The summed E-state index contributed by atoms with van der Waals surface area (Å²) in [6.45, 7) is -0.285. The summed E-state index contributed by atoms with van der Waals surface area (Å²) in [6, 6.07) is 3.52. The monoisotopic (exact) mass is 393 g/mol. The summed E-state index contributed by atoms with van der Waals surface area (Å²) in [5.41, 5.74) is 6.68. The number of aromatic nitrogens is 3. The van der Waals surface area contributed by atoms with Crippen molar-refractivity contribution in [2.45, 2.75) is 12.6 Å². The van der Waals surface area contributed by atoms with Crippen LogP contribution in [0.3, 0.4) is 0 Å². The summed E-state index contributed by atoms with van der Waals surface area (Å²) < 4.78 is 30.6. The first kappa shape index (κ1) is 18.8. The number of fused-ring (bicyclic) bond motifs is 1. The number of benzene rings is 1. The smallest absolute Gasteiger partial charge is 0.261 e. The third-order valence-electron chi connectivity index (χ3n) is 4.94. The molecule has 1 aliphatic carbocycles. The Hall–Kier alpha value is -3.52. The summed E-state index contributed by atoms with van der Waals surface area (Å²) in [4.78, 5) is 20.6. The summed E-state index contributed by atoms with van der Waals surface area (Å²) in [5, 5.41) is 7.65. The highest BCUT2D eigenvalue weighted by Gasteiger charge is 2.19. The maximum absolute atomic E-state index is 14.7. The zero-order chi connectivity index (χ0) is 20.5. The topological polar surface area (TPSA) is 97.6 Å². The van der Waals surface area contributed by atoms with Gasteiger partial charge in [-0.15, -0.1) is 0 Å². The maximum atomic E-state index is 14.7. The molecule has 4 rings (SSSR count). The van der Waals surface area contributed by atoms with Crippen molar-refractivity contribution in [1.82, 2.24) is 14.5 Å². The van der Waals surface area contributed by atoms with Crippen LogP contribution in [0.25, 0.3) is 16.5 Å². The van der Waals surface area contributed by atoms with Gasteiger partial charge in [0.15, 0.2) is 0 Å². The molecule has 2 aromatic heterocycles. The van der Waals surface area contributed by atoms with Crippen LogP contribution >= 0.6 is 0 Å². The Morgan fingerprint density at radius 3 is 2.72 bits per heavy atom. The van der Waals surface area contributed by atoms with E-state index in [2.05, 4.69) is 9.97 Å². The molecule has 3 aromatic rings. The van der Waals surface area contributed by atoms with Crippen molar-refractivity contribution in [3.05, 3.63) is 88.3 Å². The minimum Gasteiger partial charge on any atom is -0.324 e. The van der Waals surface area contributed by atoms with E-state index in [0.29, 0.717) is 22.0 Å². The molecule has 0 spiro atoms. The predicted molar refractivity (Wildman–Crippen MR) is 107 cm³/mol. The molecule has 0 saturated carbocycles. The highest BCUT2D eigenvalue weighted by atomic mass is 19.1. The van der Waals surface area contributed by atoms with E-state index in [4.69, 9.17) is 11.1 Å². The molecular formula is C21H17F2N5O. The van der Waals surface area contributed by atoms with E-state index >= 15 is 0 Å². The van der Waals surface area contributed by atoms with Gasteiger partial charge in [0.25, 0.3) is 5.56 Å². The van der Waals surface area contributed by atoms with Gasteiger partial charge in [0, 0.05) is 29.9 Å². The van der Waals surface area contributed by atoms with Crippen LogP contribution in [0.2, 0.25) is 0 Å². The number of halogens is 2. The highest BCUT2D eigenvalue weighted by molar-refractivity contribution is 5.79. The SMILES string of the molecule is N=CC1C=CC(c2cc(F)c(Cn3cnc4cnccc4c3=O)c(F)c2)=CC1N. The molecule has 0 bridgehead atoms. The fraction of sp³-hybridized carbons (Fsp3) is 0.143. The van der Waals surface area contributed by atoms with Gasteiger partial charge in [-0.1, -0.05) is 18.2 Å². The normalized spacial score (nSPS) is 18.7. The molecule has 146 valence electrons. The van der Waals surface area contributed by atoms with Crippen LogP contribution in [0, 0.1) is 23.0 Å². The molecule has 0 amide bonds. The lowest BCUT2D eigenvalue weighted by Gasteiger charge is -2.19. The van der Waals surface area contributed by atoms with Crippen molar-refractivity contribution < 1.29 is 8.78 Å². The van der Waals surface area contributed by atoms with E-state index in [0.717, 1.165) is 4.57 Å². The quantitative estimate of drug-likeness (QED) is 0.666. The van der Waals surface area contributed by atoms with Crippen molar-refractivity contribution in [2.24, 2.45) is 11.7 Å². The van der Waals surface area contributed by atoms with Gasteiger partial charge < -0.3 is 11.1 Å². The van der Waals surface area contributed by atoms with E-state index in [1.54, 1.807) is 18.2 Å². The molecule has 6 nitrogen and oxygen atoms in total. The summed E-state index contributed by atoms with van der Waals surface area (Å²) in [5.74, 6) is -1.77. The van der Waals surface area contributed by atoms with Gasteiger partial charge in [0.1, 0.15) is 11.6 Å². The Morgan fingerprint density at radius 1 is 1.28 bits per heavy atom. The number of pyridine rings is 1. The largest absolute Gasteiger partial charge is 0.324 e. The van der Waals surface area contributed by atoms with Crippen LogP contribution in [0.4, 0.5) is 8.78 Å². The Balaban J connectivity index is 1.69. The van der Waals surface area contributed by atoms with Crippen LogP contribution in [0.5, 0.6) is 0 Å². The van der Waals surface area contributed by atoms with Crippen LogP contribution in [0.15, 0.2) is 59.9 Å². The molecule has 1 aromatic carbocycles. The lowest BCUT2D eigenvalue weighted by molar-refractivity contribution is 0.540.